The average Bonchev–Trinajstić information content (AvgIpc) is 2.52. The first kappa shape index (κ1) is 19.4. The van der Waals surface area contributed by atoms with Gasteiger partial charge in [0.05, 0.1) is 0 Å². The second kappa shape index (κ2) is 8.43. The lowest BCUT2D eigenvalue weighted by molar-refractivity contribution is 0.0201. The summed E-state index contributed by atoms with van der Waals surface area (Å²) in [4.78, 5) is 25.7. The lowest BCUT2D eigenvalue weighted by Crippen LogP contribution is -2.49. The lowest BCUT2D eigenvalue weighted by Gasteiger charge is -2.33. The van der Waals surface area contributed by atoms with Crippen LogP contribution in [0.4, 0.5) is 9.59 Å². The molecular weight excluding hydrogens is 342 g/mol. The Bertz CT molecular complexity index is 608. The molecule has 7 heteroatoms. The predicted molar refractivity (Wildman–Crippen MR) is 97.7 cm³/mol. The fraction of sp³-hybridized carbons (Fsp3) is 0.556. The van der Waals surface area contributed by atoms with Gasteiger partial charge in [-0.25, -0.2) is 9.59 Å². The van der Waals surface area contributed by atoms with E-state index in [-0.39, 0.29) is 18.2 Å². The van der Waals surface area contributed by atoms with Crippen molar-refractivity contribution in [3.05, 3.63) is 34.9 Å². The van der Waals surface area contributed by atoms with Gasteiger partial charge in [-0.3, -0.25) is 0 Å². The first-order valence-electron chi connectivity index (χ1n) is 8.50. The summed E-state index contributed by atoms with van der Waals surface area (Å²) in [6.45, 7) is 7.13. The molecule has 0 saturated carbocycles. The monoisotopic (exact) mass is 367 g/mol. The third kappa shape index (κ3) is 6.82. The van der Waals surface area contributed by atoms with Crippen molar-refractivity contribution in [3.63, 3.8) is 0 Å². The molecule has 0 unspecified atom stereocenters. The van der Waals surface area contributed by atoms with Crippen molar-refractivity contribution in [1.29, 1.82) is 0 Å². The van der Waals surface area contributed by atoms with Crippen LogP contribution in [0.1, 0.15) is 39.2 Å². The van der Waals surface area contributed by atoms with Crippen LogP contribution in [0, 0.1) is 0 Å². The van der Waals surface area contributed by atoms with E-state index >= 15 is 0 Å². The van der Waals surface area contributed by atoms with E-state index in [1.165, 1.54) is 0 Å². The zero-order valence-corrected chi connectivity index (χ0v) is 15.7. The maximum absolute atomic E-state index is 12.0. The molecule has 0 radical (unpaired) electrons. The molecule has 1 aromatic rings. The van der Waals surface area contributed by atoms with Gasteiger partial charge < -0.3 is 20.3 Å². The minimum atomic E-state index is -0.494. The molecule has 1 aliphatic rings. The van der Waals surface area contributed by atoms with E-state index in [9.17, 15) is 9.59 Å². The summed E-state index contributed by atoms with van der Waals surface area (Å²) in [5.74, 6) is 0. The van der Waals surface area contributed by atoms with Gasteiger partial charge in [0.25, 0.3) is 0 Å². The first-order valence-corrected chi connectivity index (χ1v) is 8.87. The van der Waals surface area contributed by atoms with Crippen LogP contribution >= 0.6 is 11.6 Å². The first-order chi connectivity index (χ1) is 11.7. The molecule has 2 N–H and O–H groups in total. The summed E-state index contributed by atoms with van der Waals surface area (Å²) in [6, 6.07) is 7.22. The summed E-state index contributed by atoms with van der Waals surface area (Å²) >= 11 is 5.92. The van der Waals surface area contributed by atoms with Crippen molar-refractivity contribution in [2.75, 3.05) is 13.1 Å². The molecule has 1 fully saturated rings. The van der Waals surface area contributed by atoms with Gasteiger partial charge in [-0.15, -0.1) is 0 Å². The standard InChI is InChI=1S/C18H26ClN3O3/c1-18(2,3)25-17(24)22-9-7-15(8-10-22)21-16(23)20-12-13-5-4-6-14(19)11-13/h4-6,11,15H,7-10,12H2,1-3H3,(H2,20,21,23). The third-order valence-electron chi connectivity index (χ3n) is 3.82. The van der Waals surface area contributed by atoms with Gasteiger partial charge in [0.15, 0.2) is 0 Å². The minimum absolute atomic E-state index is 0.0537. The Balaban J connectivity index is 1.70. The van der Waals surface area contributed by atoms with Gasteiger partial charge >= 0.3 is 12.1 Å². The van der Waals surface area contributed by atoms with Crippen molar-refractivity contribution >= 4 is 23.7 Å². The van der Waals surface area contributed by atoms with E-state index in [0.29, 0.717) is 37.5 Å². The van der Waals surface area contributed by atoms with Crippen LogP contribution in [0.2, 0.25) is 5.02 Å². The Hall–Kier alpha value is -1.95. The van der Waals surface area contributed by atoms with Crippen LogP contribution in [-0.4, -0.2) is 41.8 Å². The Morgan fingerprint density at radius 1 is 1.28 bits per heavy atom. The molecule has 138 valence electrons. The second-order valence-corrected chi connectivity index (χ2v) is 7.64. The van der Waals surface area contributed by atoms with E-state index < -0.39 is 5.60 Å². The normalized spacial score (nSPS) is 15.6. The summed E-state index contributed by atoms with van der Waals surface area (Å²) in [7, 11) is 0. The van der Waals surface area contributed by atoms with Crippen molar-refractivity contribution < 1.29 is 14.3 Å². The van der Waals surface area contributed by atoms with Crippen LogP contribution in [0.15, 0.2) is 24.3 Å². The fourth-order valence-electron chi connectivity index (χ4n) is 2.60. The average molecular weight is 368 g/mol. The van der Waals surface area contributed by atoms with Gasteiger partial charge in [-0.05, 0) is 51.3 Å². The largest absolute Gasteiger partial charge is 0.444 e. The zero-order chi connectivity index (χ0) is 18.4. The molecule has 0 spiro atoms. The molecule has 6 nitrogen and oxygen atoms in total. The molecule has 0 aromatic heterocycles. The highest BCUT2D eigenvalue weighted by Gasteiger charge is 2.27. The van der Waals surface area contributed by atoms with Gasteiger partial charge in [0.1, 0.15) is 5.60 Å². The van der Waals surface area contributed by atoms with Crippen molar-refractivity contribution in [2.24, 2.45) is 0 Å². The number of amides is 3. The number of rotatable bonds is 3. The van der Waals surface area contributed by atoms with Crippen LogP contribution in [0.25, 0.3) is 0 Å². The maximum atomic E-state index is 12.0. The summed E-state index contributed by atoms with van der Waals surface area (Å²) in [6.07, 6.45) is 1.13. The Morgan fingerprint density at radius 3 is 2.56 bits per heavy atom. The Morgan fingerprint density at radius 2 is 1.96 bits per heavy atom. The molecule has 3 amide bonds. The molecule has 0 bridgehead atoms. The van der Waals surface area contributed by atoms with Gasteiger partial charge in [-0.1, -0.05) is 23.7 Å². The number of hydrogen-bond donors (Lipinski definition) is 2. The fourth-order valence-corrected chi connectivity index (χ4v) is 2.81. The van der Waals surface area contributed by atoms with E-state index in [4.69, 9.17) is 16.3 Å². The highest BCUT2D eigenvalue weighted by Crippen LogP contribution is 2.15. The van der Waals surface area contributed by atoms with E-state index in [1.807, 2.05) is 39.0 Å². The number of nitrogens with one attached hydrogen (secondary N) is 2. The van der Waals surface area contributed by atoms with Crippen molar-refractivity contribution in [3.8, 4) is 0 Å². The number of halogens is 1. The zero-order valence-electron chi connectivity index (χ0n) is 15.0. The number of hydrogen-bond acceptors (Lipinski definition) is 3. The maximum Gasteiger partial charge on any atom is 0.410 e. The number of ether oxygens (including phenoxy) is 1. The summed E-state index contributed by atoms with van der Waals surface area (Å²) < 4.78 is 5.37. The molecule has 1 aliphatic heterocycles. The molecule has 0 aliphatic carbocycles. The van der Waals surface area contributed by atoms with E-state index in [0.717, 1.165) is 5.56 Å². The molecular formula is C18H26ClN3O3. The predicted octanol–water partition coefficient (Wildman–Crippen LogP) is 3.54. The summed E-state index contributed by atoms with van der Waals surface area (Å²) in [5.41, 5.74) is 0.453. The number of piperidine rings is 1. The number of carbonyl (C=O) groups excluding carboxylic acids is 2. The second-order valence-electron chi connectivity index (χ2n) is 7.20. The highest BCUT2D eigenvalue weighted by atomic mass is 35.5. The highest BCUT2D eigenvalue weighted by molar-refractivity contribution is 6.30. The molecule has 25 heavy (non-hydrogen) atoms. The number of likely N-dealkylation sites (tertiary alicyclic amines) is 1. The molecule has 0 atom stereocenters. The SMILES string of the molecule is CC(C)(C)OC(=O)N1CCC(NC(=O)NCc2cccc(Cl)c2)CC1. The van der Waals surface area contributed by atoms with Crippen LogP contribution in [0.3, 0.4) is 0 Å². The van der Waals surface area contributed by atoms with Crippen LogP contribution in [-0.2, 0) is 11.3 Å². The topological polar surface area (TPSA) is 70.7 Å². The minimum Gasteiger partial charge on any atom is -0.444 e. The Kier molecular flexibility index (Phi) is 6.53. The van der Waals surface area contributed by atoms with Crippen molar-refractivity contribution in [1.82, 2.24) is 15.5 Å². The number of nitrogens with zero attached hydrogens (tertiary/aromatic N) is 1. The van der Waals surface area contributed by atoms with Crippen LogP contribution < -0.4 is 10.6 Å². The van der Waals surface area contributed by atoms with E-state index in [2.05, 4.69) is 10.6 Å². The molecule has 1 saturated heterocycles. The van der Waals surface area contributed by atoms with Gasteiger partial charge in [-0.2, -0.15) is 0 Å². The molecule has 1 aromatic carbocycles. The number of carbonyl (C=O) groups is 2. The smallest absolute Gasteiger partial charge is 0.410 e. The van der Waals surface area contributed by atoms with Gasteiger partial charge in [0.2, 0.25) is 0 Å². The molecule has 1 heterocycles. The number of urea groups is 1. The third-order valence-corrected chi connectivity index (χ3v) is 4.06. The summed E-state index contributed by atoms with van der Waals surface area (Å²) in [5, 5.41) is 6.42. The van der Waals surface area contributed by atoms with E-state index in [1.54, 1.807) is 11.0 Å². The van der Waals surface area contributed by atoms with Crippen LogP contribution in [0.5, 0.6) is 0 Å². The quantitative estimate of drug-likeness (QED) is 0.858. The Labute approximate surface area is 153 Å². The molecule has 2 rings (SSSR count). The van der Waals surface area contributed by atoms with Crippen molar-refractivity contribution in [2.45, 2.75) is 51.8 Å². The van der Waals surface area contributed by atoms with Gasteiger partial charge in [0, 0.05) is 30.7 Å². The lowest BCUT2D eigenvalue weighted by atomic mass is 10.1. The number of benzene rings is 1.